The molecule has 0 aliphatic carbocycles. The summed E-state index contributed by atoms with van der Waals surface area (Å²) in [6.07, 6.45) is 7.56. The highest BCUT2D eigenvalue weighted by molar-refractivity contribution is 5.99. The van der Waals surface area contributed by atoms with Gasteiger partial charge in [0.05, 0.1) is 29.9 Å². The zero-order valence-corrected chi connectivity index (χ0v) is 15.6. The Morgan fingerprint density at radius 3 is 2.33 bits per heavy atom. The smallest absolute Gasteiger partial charge is 0.233 e. The van der Waals surface area contributed by atoms with Crippen molar-refractivity contribution in [2.45, 2.75) is 32.6 Å². The van der Waals surface area contributed by atoms with E-state index in [-0.39, 0.29) is 17.2 Å². The molecule has 0 saturated carbocycles. The minimum Gasteiger partial charge on any atom is -0.342 e. The molecule has 2 aromatic rings. The Balaban J connectivity index is 1.38. The maximum atomic E-state index is 13.0. The molecule has 6 heteroatoms. The molecule has 140 valence electrons. The molecule has 2 amide bonds. The van der Waals surface area contributed by atoms with Crippen molar-refractivity contribution in [1.82, 2.24) is 14.9 Å². The number of anilines is 1. The van der Waals surface area contributed by atoms with Crippen molar-refractivity contribution >= 4 is 17.5 Å². The average Bonchev–Trinajstić information content (AvgIpc) is 3.01. The third-order valence-electron chi connectivity index (χ3n) is 5.92. The standard InChI is InChI=1S/C21H24N4O2/c1-16-2-4-17(5-3-16)12-19(26)24-9-6-21(7-10-24)8-11-25(20(21)27)18-13-22-15-23-14-18/h2-5,13-15H,6-12H2,1H3. The first-order valence-corrected chi connectivity index (χ1v) is 9.48. The number of nitrogens with zero attached hydrogens (tertiary/aromatic N) is 4. The quantitative estimate of drug-likeness (QED) is 0.839. The molecule has 0 unspecified atom stereocenters. The van der Waals surface area contributed by atoms with E-state index < -0.39 is 0 Å². The van der Waals surface area contributed by atoms with Gasteiger partial charge in [-0.15, -0.1) is 0 Å². The van der Waals surface area contributed by atoms with Gasteiger partial charge < -0.3 is 9.80 Å². The van der Waals surface area contributed by atoms with Gasteiger partial charge in [-0.2, -0.15) is 0 Å². The number of carbonyl (C=O) groups is 2. The van der Waals surface area contributed by atoms with E-state index >= 15 is 0 Å². The summed E-state index contributed by atoms with van der Waals surface area (Å²) in [6, 6.07) is 8.09. The molecule has 0 N–H and O–H groups in total. The van der Waals surface area contributed by atoms with Crippen LogP contribution >= 0.6 is 0 Å². The number of aromatic nitrogens is 2. The zero-order chi connectivity index (χ0) is 18.9. The van der Waals surface area contributed by atoms with E-state index in [1.807, 2.05) is 36.1 Å². The van der Waals surface area contributed by atoms with Gasteiger partial charge in [0.15, 0.2) is 0 Å². The minimum absolute atomic E-state index is 0.146. The monoisotopic (exact) mass is 364 g/mol. The van der Waals surface area contributed by atoms with Crippen molar-refractivity contribution in [3.8, 4) is 0 Å². The van der Waals surface area contributed by atoms with Gasteiger partial charge in [-0.25, -0.2) is 9.97 Å². The van der Waals surface area contributed by atoms with E-state index in [1.165, 1.54) is 11.9 Å². The van der Waals surface area contributed by atoms with Gasteiger partial charge in [0.2, 0.25) is 11.8 Å². The second-order valence-electron chi connectivity index (χ2n) is 7.63. The lowest BCUT2D eigenvalue weighted by Crippen LogP contribution is -2.47. The third-order valence-corrected chi connectivity index (χ3v) is 5.92. The molecular formula is C21H24N4O2. The number of benzene rings is 1. The maximum Gasteiger partial charge on any atom is 0.233 e. The molecule has 0 bridgehead atoms. The van der Waals surface area contributed by atoms with E-state index in [0.717, 1.165) is 30.5 Å². The molecule has 0 atom stereocenters. The first-order chi connectivity index (χ1) is 13.1. The highest BCUT2D eigenvalue weighted by atomic mass is 16.2. The van der Waals surface area contributed by atoms with Gasteiger partial charge in [0, 0.05) is 19.6 Å². The molecule has 27 heavy (non-hydrogen) atoms. The summed E-state index contributed by atoms with van der Waals surface area (Å²) >= 11 is 0. The van der Waals surface area contributed by atoms with Gasteiger partial charge in [-0.05, 0) is 31.7 Å². The summed E-state index contributed by atoms with van der Waals surface area (Å²) in [6.45, 7) is 4.04. The van der Waals surface area contributed by atoms with Crippen molar-refractivity contribution in [2.24, 2.45) is 5.41 Å². The van der Waals surface area contributed by atoms with Crippen molar-refractivity contribution in [3.05, 3.63) is 54.1 Å². The Morgan fingerprint density at radius 2 is 1.67 bits per heavy atom. The summed E-state index contributed by atoms with van der Waals surface area (Å²) in [5, 5.41) is 0. The number of rotatable bonds is 3. The molecule has 1 spiro atoms. The summed E-state index contributed by atoms with van der Waals surface area (Å²) in [4.78, 5) is 37.4. The van der Waals surface area contributed by atoms with Crippen LogP contribution in [0.5, 0.6) is 0 Å². The zero-order valence-electron chi connectivity index (χ0n) is 15.6. The second-order valence-corrected chi connectivity index (χ2v) is 7.63. The van der Waals surface area contributed by atoms with E-state index in [4.69, 9.17) is 0 Å². The van der Waals surface area contributed by atoms with E-state index in [1.54, 1.807) is 17.3 Å². The third kappa shape index (κ3) is 3.44. The van der Waals surface area contributed by atoms with Gasteiger partial charge in [-0.3, -0.25) is 9.59 Å². The van der Waals surface area contributed by atoms with E-state index in [0.29, 0.717) is 26.1 Å². The van der Waals surface area contributed by atoms with Crippen molar-refractivity contribution in [1.29, 1.82) is 0 Å². The van der Waals surface area contributed by atoms with Crippen LogP contribution in [-0.4, -0.2) is 46.3 Å². The van der Waals surface area contributed by atoms with Crippen molar-refractivity contribution < 1.29 is 9.59 Å². The van der Waals surface area contributed by atoms with E-state index in [9.17, 15) is 9.59 Å². The topological polar surface area (TPSA) is 66.4 Å². The SMILES string of the molecule is Cc1ccc(CC(=O)N2CCC3(CC2)CCN(c2cncnc2)C3=O)cc1. The van der Waals surface area contributed by atoms with Crippen LogP contribution in [-0.2, 0) is 16.0 Å². The summed E-state index contributed by atoms with van der Waals surface area (Å²) < 4.78 is 0. The lowest BCUT2D eigenvalue weighted by molar-refractivity contribution is -0.137. The van der Waals surface area contributed by atoms with Crippen LogP contribution in [0.4, 0.5) is 5.69 Å². The number of aryl methyl sites for hydroxylation is 1. The molecule has 4 rings (SSSR count). The Hall–Kier alpha value is -2.76. The molecule has 1 aromatic heterocycles. The highest BCUT2D eigenvalue weighted by Crippen LogP contribution is 2.42. The van der Waals surface area contributed by atoms with Crippen LogP contribution in [0.1, 0.15) is 30.4 Å². The van der Waals surface area contributed by atoms with Crippen molar-refractivity contribution in [3.63, 3.8) is 0 Å². The predicted molar refractivity (Wildman–Crippen MR) is 102 cm³/mol. The number of hydrogen-bond acceptors (Lipinski definition) is 4. The Kier molecular flexibility index (Phi) is 4.64. The first kappa shape index (κ1) is 17.6. The highest BCUT2D eigenvalue weighted by Gasteiger charge is 2.49. The van der Waals surface area contributed by atoms with E-state index in [2.05, 4.69) is 9.97 Å². The van der Waals surface area contributed by atoms with Crippen LogP contribution in [0.25, 0.3) is 0 Å². The normalized spacial score (nSPS) is 18.9. The van der Waals surface area contributed by atoms with Crippen LogP contribution < -0.4 is 4.90 Å². The lowest BCUT2D eigenvalue weighted by atomic mass is 9.77. The van der Waals surface area contributed by atoms with Gasteiger partial charge in [0.1, 0.15) is 6.33 Å². The van der Waals surface area contributed by atoms with Crippen LogP contribution in [0.3, 0.4) is 0 Å². The summed E-state index contributed by atoms with van der Waals surface area (Å²) in [7, 11) is 0. The number of piperidine rings is 1. The Morgan fingerprint density at radius 1 is 1.04 bits per heavy atom. The van der Waals surface area contributed by atoms with Crippen LogP contribution in [0.2, 0.25) is 0 Å². The maximum absolute atomic E-state index is 13.0. The fourth-order valence-electron chi connectivity index (χ4n) is 4.14. The number of amides is 2. The van der Waals surface area contributed by atoms with Crippen molar-refractivity contribution in [2.75, 3.05) is 24.5 Å². The van der Waals surface area contributed by atoms with Gasteiger partial charge >= 0.3 is 0 Å². The minimum atomic E-state index is -0.337. The molecule has 3 heterocycles. The Bertz CT molecular complexity index is 827. The molecular weight excluding hydrogens is 340 g/mol. The Labute approximate surface area is 159 Å². The summed E-state index contributed by atoms with van der Waals surface area (Å²) in [5.41, 5.74) is 2.66. The number of likely N-dealkylation sites (tertiary alicyclic amines) is 1. The van der Waals surface area contributed by atoms with Crippen LogP contribution in [0, 0.1) is 12.3 Å². The molecule has 2 aliphatic rings. The molecule has 0 radical (unpaired) electrons. The first-order valence-electron chi connectivity index (χ1n) is 9.48. The summed E-state index contributed by atoms with van der Waals surface area (Å²) in [5.74, 6) is 0.301. The lowest BCUT2D eigenvalue weighted by Gasteiger charge is -2.38. The van der Waals surface area contributed by atoms with Gasteiger partial charge in [0.25, 0.3) is 0 Å². The van der Waals surface area contributed by atoms with Crippen LogP contribution in [0.15, 0.2) is 43.0 Å². The second kappa shape index (κ2) is 7.10. The largest absolute Gasteiger partial charge is 0.342 e. The predicted octanol–water partition coefficient (Wildman–Crippen LogP) is 2.37. The molecule has 1 aromatic carbocycles. The number of hydrogen-bond donors (Lipinski definition) is 0. The molecule has 2 aliphatic heterocycles. The average molecular weight is 364 g/mol. The fraction of sp³-hybridized carbons (Fsp3) is 0.429. The molecule has 6 nitrogen and oxygen atoms in total. The molecule has 2 fully saturated rings. The fourth-order valence-corrected chi connectivity index (χ4v) is 4.14. The van der Waals surface area contributed by atoms with Gasteiger partial charge in [-0.1, -0.05) is 29.8 Å². The molecule has 2 saturated heterocycles. The number of carbonyl (C=O) groups excluding carboxylic acids is 2.